The molecule has 18 heavy (non-hydrogen) atoms. The number of hydroxylamine groups is 2. The van der Waals surface area contributed by atoms with Crippen LogP contribution in [0.15, 0.2) is 29.3 Å². The molecule has 0 atom stereocenters. The van der Waals surface area contributed by atoms with Crippen LogP contribution in [0.5, 0.6) is 0 Å². The summed E-state index contributed by atoms with van der Waals surface area (Å²) in [5.74, 6) is 0.147. The molecule has 0 radical (unpaired) electrons. The van der Waals surface area contributed by atoms with Crippen LogP contribution in [0.1, 0.15) is 6.42 Å². The van der Waals surface area contributed by atoms with Crippen LogP contribution >= 0.6 is 0 Å². The highest BCUT2D eigenvalue weighted by molar-refractivity contribution is 7.90. The Kier molecular flexibility index (Phi) is 3.98. The first-order valence-electron chi connectivity index (χ1n) is 5.73. The van der Waals surface area contributed by atoms with E-state index in [0.717, 1.165) is 10.6 Å². The third-order valence-electron chi connectivity index (χ3n) is 2.52. The molecule has 0 saturated heterocycles. The van der Waals surface area contributed by atoms with Gasteiger partial charge in [-0.2, -0.15) is 0 Å². The van der Waals surface area contributed by atoms with Gasteiger partial charge in [0.2, 0.25) is 0 Å². The van der Waals surface area contributed by atoms with E-state index in [4.69, 9.17) is 4.84 Å². The van der Waals surface area contributed by atoms with Gasteiger partial charge in [-0.15, -0.1) is 0 Å². The highest BCUT2D eigenvalue weighted by atomic mass is 32.2. The van der Waals surface area contributed by atoms with E-state index >= 15 is 0 Å². The minimum atomic E-state index is -2.91. The molecule has 98 valence electrons. The Balaban J connectivity index is 1.88. The van der Waals surface area contributed by atoms with E-state index in [9.17, 15) is 8.42 Å². The highest BCUT2D eigenvalue weighted by Crippen LogP contribution is 1.97. The van der Waals surface area contributed by atoms with Crippen molar-refractivity contribution in [1.82, 2.24) is 5.06 Å². The Morgan fingerprint density at radius 2 is 2.17 bits per heavy atom. The van der Waals surface area contributed by atoms with Crippen LogP contribution in [0.3, 0.4) is 0 Å². The van der Waals surface area contributed by atoms with Crippen molar-refractivity contribution in [3.63, 3.8) is 0 Å². The van der Waals surface area contributed by atoms with E-state index in [1.165, 1.54) is 6.26 Å². The molecule has 0 N–H and O–H groups in total. The fraction of sp³-hybridized carbons (Fsp3) is 0.417. The number of hydrogen-bond acceptors (Lipinski definition) is 5. The maximum absolute atomic E-state index is 11.0. The number of hydrogen-bond donors (Lipinski definition) is 0. The molecule has 1 aliphatic rings. The molecule has 1 aromatic carbocycles. The second-order valence-corrected chi connectivity index (χ2v) is 6.48. The van der Waals surface area contributed by atoms with E-state index < -0.39 is 9.84 Å². The molecule has 0 fully saturated rings. The lowest BCUT2D eigenvalue weighted by atomic mass is 10.3. The molecule has 0 amide bonds. The summed E-state index contributed by atoms with van der Waals surface area (Å²) >= 11 is 0. The van der Waals surface area contributed by atoms with Crippen molar-refractivity contribution in [3.8, 4) is 0 Å². The van der Waals surface area contributed by atoms with Gasteiger partial charge in [-0.3, -0.25) is 9.83 Å². The SMILES string of the molecule is CS(=O)(=O)CCCON1C=c2ccccc2=NC1. The zero-order valence-electron chi connectivity index (χ0n) is 10.2. The van der Waals surface area contributed by atoms with Gasteiger partial charge in [0.1, 0.15) is 16.5 Å². The van der Waals surface area contributed by atoms with E-state index in [2.05, 4.69) is 4.99 Å². The molecule has 2 rings (SSSR count). The number of nitrogens with zero attached hydrogens (tertiary/aromatic N) is 2. The fourth-order valence-electron chi connectivity index (χ4n) is 1.66. The third kappa shape index (κ3) is 3.82. The molecule has 0 unspecified atom stereocenters. The zero-order valence-corrected chi connectivity index (χ0v) is 11.1. The quantitative estimate of drug-likeness (QED) is 0.687. The molecule has 0 saturated carbocycles. The smallest absolute Gasteiger partial charge is 0.147 e. The third-order valence-corrected chi connectivity index (χ3v) is 3.55. The van der Waals surface area contributed by atoms with Gasteiger partial charge < -0.3 is 0 Å². The predicted molar refractivity (Wildman–Crippen MR) is 68.7 cm³/mol. The van der Waals surface area contributed by atoms with Gasteiger partial charge in [-0.25, -0.2) is 13.5 Å². The Labute approximate surface area is 106 Å². The molecule has 0 bridgehead atoms. The van der Waals surface area contributed by atoms with Crippen molar-refractivity contribution in [2.24, 2.45) is 4.99 Å². The minimum Gasteiger partial charge on any atom is -0.272 e. The molecule has 5 nitrogen and oxygen atoms in total. The fourth-order valence-corrected chi connectivity index (χ4v) is 2.31. The summed E-state index contributed by atoms with van der Waals surface area (Å²) in [7, 11) is -2.91. The molecule has 1 aromatic rings. The van der Waals surface area contributed by atoms with Crippen molar-refractivity contribution >= 4 is 16.0 Å². The van der Waals surface area contributed by atoms with Crippen LogP contribution in [0, 0.1) is 0 Å². The number of sulfone groups is 1. The Bertz CT molecular complexity index is 625. The topological polar surface area (TPSA) is 59.0 Å². The van der Waals surface area contributed by atoms with Crippen LogP contribution < -0.4 is 10.6 Å². The van der Waals surface area contributed by atoms with E-state index in [0.29, 0.717) is 19.7 Å². The largest absolute Gasteiger partial charge is 0.272 e. The van der Waals surface area contributed by atoms with Crippen molar-refractivity contribution in [2.75, 3.05) is 25.3 Å². The summed E-state index contributed by atoms with van der Waals surface area (Å²) in [4.78, 5) is 9.81. The second kappa shape index (κ2) is 5.49. The molecule has 6 heteroatoms. The Morgan fingerprint density at radius 1 is 1.39 bits per heavy atom. The van der Waals surface area contributed by atoms with Gasteiger partial charge in [0.05, 0.1) is 17.7 Å². The molecule has 0 aromatic heterocycles. The highest BCUT2D eigenvalue weighted by Gasteiger charge is 2.05. The van der Waals surface area contributed by atoms with Crippen molar-refractivity contribution in [3.05, 3.63) is 34.8 Å². The number of para-hydroxylation sites is 1. The summed E-state index contributed by atoms with van der Waals surface area (Å²) in [5, 5.41) is 3.59. The summed E-state index contributed by atoms with van der Waals surface area (Å²) in [6.07, 6.45) is 3.60. The minimum absolute atomic E-state index is 0.147. The predicted octanol–water partition coefficient (Wildman–Crippen LogP) is -0.316. The Hall–Kier alpha value is -1.40. The van der Waals surface area contributed by atoms with Crippen LogP contribution in [0.25, 0.3) is 6.20 Å². The lowest BCUT2D eigenvalue weighted by Crippen LogP contribution is -2.35. The summed E-state index contributed by atoms with van der Waals surface area (Å²) in [6.45, 7) is 0.817. The summed E-state index contributed by atoms with van der Waals surface area (Å²) in [6, 6.07) is 7.80. The molecular formula is C12H16N2O3S. The second-order valence-electron chi connectivity index (χ2n) is 4.22. The van der Waals surface area contributed by atoms with Crippen LogP contribution in [-0.4, -0.2) is 38.8 Å². The van der Waals surface area contributed by atoms with Crippen LogP contribution in [0.4, 0.5) is 0 Å². The average molecular weight is 268 g/mol. The first-order valence-corrected chi connectivity index (χ1v) is 7.79. The maximum atomic E-state index is 11.0. The van der Waals surface area contributed by atoms with Crippen molar-refractivity contribution in [2.45, 2.75) is 6.42 Å². The normalized spacial score (nSPS) is 14.6. The number of fused-ring (bicyclic) bond motifs is 1. The van der Waals surface area contributed by atoms with Gasteiger partial charge in [0.25, 0.3) is 0 Å². The molecule has 0 spiro atoms. The molecule has 0 aliphatic carbocycles. The van der Waals surface area contributed by atoms with Gasteiger partial charge in [0.15, 0.2) is 0 Å². The average Bonchev–Trinajstić information content (AvgIpc) is 2.33. The summed E-state index contributed by atoms with van der Waals surface area (Å²) < 4.78 is 21.9. The van der Waals surface area contributed by atoms with Gasteiger partial charge in [0, 0.05) is 17.7 Å². The first kappa shape index (κ1) is 13.0. The molecular weight excluding hydrogens is 252 g/mol. The molecule has 1 aliphatic heterocycles. The standard InChI is InChI=1S/C12H16N2O3S/c1-18(15,16)8-4-7-17-14-9-11-5-2-3-6-12(11)13-10-14/h2-3,5-6,9H,4,7-8,10H2,1H3. The Morgan fingerprint density at radius 3 is 2.94 bits per heavy atom. The van der Waals surface area contributed by atoms with Gasteiger partial charge in [-0.05, 0) is 12.5 Å². The first-order chi connectivity index (χ1) is 8.54. The maximum Gasteiger partial charge on any atom is 0.147 e. The van der Waals surface area contributed by atoms with Crippen molar-refractivity contribution < 1.29 is 13.3 Å². The van der Waals surface area contributed by atoms with Crippen LogP contribution in [-0.2, 0) is 14.7 Å². The number of benzene rings is 1. The van der Waals surface area contributed by atoms with Crippen molar-refractivity contribution in [1.29, 1.82) is 0 Å². The lowest BCUT2D eigenvalue weighted by molar-refractivity contribution is -0.103. The molecule has 1 heterocycles. The monoisotopic (exact) mass is 268 g/mol. The van der Waals surface area contributed by atoms with Gasteiger partial charge in [-0.1, -0.05) is 18.2 Å². The summed E-state index contributed by atoms with van der Waals surface area (Å²) in [5.41, 5.74) is 0. The lowest BCUT2D eigenvalue weighted by Gasteiger charge is -2.19. The van der Waals surface area contributed by atoms with Crippen LogP contribution in [0.2, 0.25) is 0 Å². The van der Waals surface area contributed by atoms with E-state index in [1.54, 1.807) is 5.06 Å². The number of rotatable bonds is 5. The van der Waals surface area contributed by atoms with E-state index in [-0.39, 0.29) is 5.75 Å². The van der Waals surface area contributed by atoms with Gasteiger partial charge >= 0.3 is 0 Å². The zero-order chi connectivity index (χ0) is 13.0. The van der Waals surface area contributed by atoms with E-state index in [1.807, 2.05) is 30.5 Å².